The Hall–Kier alpha value is 0. The molecule has 0 saturated heterocycles. The van der Waals surface area contributed by atoms with Crippen molar-refractivity contribution in [3.8, 4) is 0 Å². The molecule has 0 aliphatic carbocycles. The Balaban J connectivity index is 3.02. The number of rotatable bonds is 40. The third-order valence-electron chi connectivity index (χ3n) is 10.00. The van der Waals surface area contributed by atoms with Gasteiger partial charge in [0.1, 0.15) is 0 Å². The van der Waals surface area contributed by atoms with Gasteiger partial charge in [0.25, 0.3) is 0 Å². The largest absolute Gasteiger partial charge is 0.0533 e. The van der Waals surface area contributed by atoms with E-state index >= 15 is 0 Å². The second kappa shape index (κ2) is 42.0. The molecule has 0 amide bonds. The first-order valence-corrected chi connectivity index (χ1v) is 21.0. The van der Waals surface area contributed by atoms with Crippen LogP contribution in [-0.4, -0.2) is 0 Å². The van der Waals surface area contributed by atoms with E-state index in [4.69, 9.17) is 0 Å². The van der Waals surface area contributed by atoms with Gasteiger partial charge in [-0.1, -0.05) is 277 Å². The van der Waals surface area contributed by atoms with E-state index in [1.807, 2.05) is 0 Å². The molecule has 0 fully saturated rings. The van der Waals surface area contributed by atoms with E-state index in [2.05, 4.69) is 13.8 Å². The fourth-order valence-corrected chi connectivity index (χ4v) is 6.89. The van der Waals surface area contributed by atoms with Crippen LogP contribution in [-0.2, 0) is 0 Å². The Bertz CT molecular complexity index is 399. The van der Waals surface area contributed by atoms with Crippen LogP contribution in [0.1, 0.15) is 263 Å². The molecule has 0 aromatic heterocycles. The predicted octanol–water partition coefficient (Wildman–Crippen LogP) is 16.6. The second-order valence-corrected chi connectivity index (χ2v) is 14.5. The molecule has 0 rings (SSSR count). The second-order valence-electron chi connectivity index (χ2n) is 14.5. The van der Waals surface area contributed by atoms with Crippen molar-refractivity contribution in [3.63, 3.8) is 0 Å². The molecule has 0 atom stereocenters. The number of unbranched alkanes of at least 4 members (excludes halogenated alkanes) is 40. The highest BCUT2D eigenvalue weighted by Gasteiger charge is 1.98. The molecule has 0 heterocycles. The summed E-state index contributed by atoms with van der Waals surface area (Å²) in [5, 5.41) is 0. The van der Waals surface area contributed by atoms with Gasteiger partial charge in [0.05, 0.1) is 0 Å². The van der Waals surface area contributed by atoms with Crippen molar-refractivity contribution in [2.45, 2.75) is 263 Å². The van der Waals surface area contributed by atoms with E-state index in [1.165, 1.54) is 250 Å². The van der Waals surface area contributed by atoms with Crippen molar-refractivity contribution < 1.29 is 0 Å². The van der Waals surface area contributed by atoms with E-state index in [-0.39, 0.29) is 0 Å². The van der Waals surface area contributed by atoms with Gasteiger partial charge in [0.15, 0.2) is 0 Å². The zero-order chi connectivity index (χ0) is 31.0. The molecule has 0 aliphatic rings. The zero-order valence-electron chi connectivity index (χ0n) is 30.4. The van der Waals surface area contributed by atoms with Crippen molar-refractivity contribution in [1.29, 1.82) is 0 Å². The molecule has 0 saturated carbocycles. The van der Waals surface area contributed by atoms with Gasteiger partial charge >= 0.3 is 0 Å². The molecular weight excluding hydrogens is 516 g/mol. The van der Waals surface area contributed by atoms with Crippen LogP contribution in [0, 0.1) is 13.8 Å². The average molecular weight is 603 g/mol. The molecule has 0 nitrogen and oxygen atoms in total. The van der Waals surface area contributed by atoms with Crippen molar-refractivity contribution in [2.24, 2.45) is 0 Å². The van der Waals surface area contributed by atoms with Gasteiger partial charge in [-0.15, -0.1) is 0 Å². The summed E-state index contributed by atoms with van der Waals surface area (Å²) in [5.41, 5.74) is 0. The summed E-state index contributed by atoms with van der Waals surface area (Å²) in [6.07, 6.45) is 59.6. The fraction of sp³-hybridized carbons (Fsp3) is 0.953. The minimum absolute atomic E-state index is 1.12. The highest BCUT2D eigenvalue weighted by molar-refractivity contribution is 4.54. The number of hydrogen-bond acceptors (Lipinski definition) is 0. The minimum atomic E-state index is 1.12. The first-order valence-electron chi connectivity index (χ1n) is 21.0. The Morgan fingerprint density at radius 2 is 0.186 bits per heavy atom. The zero-order valence-corrected chi connectivity index (χ0v) is 30.4. The number of hydrogen-bond donors (Lipinski definition) is 0. The Morgan fingerprint density at radius 1 is 0.116 bits per heavy atom. The van der Waals surface area contributed by atoms with Crippen molar-refractivity contribution in [1.82, 2.24) is 0 Å². The summed E-state index contributed by atoms with van der Waals surface area (Å²) in [7, 11) is 0. The Morgan fingerprint density at radius 3 is 0.256 bits per heavy atom. The normalized spacial score (nSPS) is 11.6. The third-order valence-corrected chi connectivity index (χ3v) is 10.00. The Labute approximate surface area is 276 Å². The highest BCUT2D eigenvalue weighted by atomic mass is 14.0. The molecule has 2 radical (unpaired) electrons. The minimum Gasteiger partial charge on any atom is -0.0533 e. The summed E-state index contributed by atoms with van der Waals surface area (Å²) >= 11 is 0. The average Bonchev–Trinajstić information content (AvgIpc) is 3.02. The van der Waals surface area contributed by atoms with E-state index in [9.17, 15) is 0 Å². The lowest BCUT2D eigenvalue weighted by Gasteiger charge is -2.05. The smallest absolute Gasteiger partial charge is 0.0533 e. The van der Waals surface area contributed by atoms with Crippen molar-refractivity contribution in [3.05, 3.63) is 13.8 Å². The maximum absolute atomic E-state index is 3.93. The van der Waals surface area contributed by atoms with E-state index in [0.717, 1.165) is 12.8 Å². The molecular formula is C43H86. The van der Waals surface area contributed by atoms with Crippen LogP contribution < -0.4 is 0 Å². The highest BCUT2D eigenvalue weighted by Crippen LogP contribution is 2.17. The van der Waals surface area contributed by atoms with E-state index in [1.54, 1.807) is 0 Å². The molecule has 0 N–H and O–H groups in total. The van der Waals surface area contributed by atoms with Gasteiger partial charge in [-0.3, -0.25) is 0 Å². The monoisotopic (exact) mass is 603 g/mol. The Kier molecular flexibility index (Phi) is 42.0. The maximum Gasteiger partial charge on any atom is -0.0533 e. The van der Waals surface area contributed by atoms with Gasteiger partial charge in [0.2, 0.25) is 0 Å². The van der Waals surface area contributed by atoms with Gasteiger partial charge in [-0.25, -0.2) is 0 Å². The summed E-state index contributed by atoms with van der Waals surface area (Å²) in [4.78, 5) is 0. The molecule has 0 aromatic rings. The van der Waals surface area contributed by atoms with Gasteiger partial charge in [-0.05, 0) is 0 Å². The quantitative estimate of drug-likeness (QED) is 0.0612. The lowest BCUT2D eigenvalue weighted by molar-refractivity contribution is 0.509. The SMILES string of the molecule is [CH2]CCCCCCCCCCCCCCCCCCCCCCCCCCCCCCCCCCCCCCCCC[CH2]. The van der Waals surface area contributed by atoms with Crippen LogP contribution in [0.15, 0.2) is 0 Å². The first-order chi connectivity index (χ1) is 21.4. The van der Waals surface area contributed by atoms with Crippen molar-refractivity contribution in [2.75, 3.05) is 0 Å². The lowest BCUT2D eigenvalue weighted by atomic mass is 10.0. The summed E-state index contributed by atoms with van der Waals surface area (Å²) in [5.74, 6) is 0. The molecule has 0 unspecified atom stereocenters. The summed E-state index contributed by atoms with van der Waals surface area (Å²) in [6, 6.07) is 0. The van der Waals surface area contributed by atoms with Gasteiger partial charge < -0.3 is 0 Å². The summed E-state index contributed by atoms with van der Waals surface area (Å²) < 4.78 is 0. The third kappa shape index (κ3) is 42.0. The predicted molar refractivity (Wildman–Crippen MR) is 200 cm³/mol. The molecule has 0 spiro atoms. The van der Waals surface area contributed by atoms with Crippen LogP contribution in [0.25, 0.3) is 0 Å². The van der Waals surface area contributed by atoms with E-state index < -0.39 is 0 Å². The standard InChI is InChI=1S/C43H86/c1-3-5-7-9-11-13-15-17-19-21-23-25-27-29-31-33-35-37-39-41-43-42-40-38-36-34-32-30-28-26-24-22-20-18-16-14-12-10-8-6-4-2/h1-43H2. The van der Waals surface area contributed by atoms with Crippen LogP contribution >= 0.6 is 0 Å². The molecule has 0 aromatic carbocycles. The van der Waals surface area contributed by atoms with Crippen LogP contribution in [0.2, 0.25) is 0 Å². The van der Waals surface area contributed by atoms with Crippen LogP contribution in [0.5, 0.6) is 0 Å². The summed E-state index contributed by atoms with van der Waals surface area (Å²) in [6.45, 7) is 7.86. The molecule has 0 bridgehead atoms. The topological polar surface area (TPSA) is 0 Å². The first kappa shape index (κ1) is 43.0. The molecule has 0 aliphatic heterocycles. The maximum atomic E-state index is 3.93. The van der Waals surface area contributed by atoms with E-state index in [0.29, 0.717) is 0 Å². The van der Waals surface area contributed by atoms with Gasteiger partial charge in [-0.2, -0.15) is 0 Å². The molecule has 0 heteroatoms. The molecule has 43 heavy (non-hydrogen) atoms. The van der Waals surface area contributed by atoms with Crippen molar-refractivity contribution >= 4 is 0 Å². The fourth-order valence-electron chi connectivity index (χ4n) is 6.89. The molecule has 258 valence electrons. The van der Waals surface area contributed by atoms with Crippen LogP contribution in [0.3, 0.4) is 0 Å². The lowest BCUT2D eigenvalue weighted by Crippen LogP contribution is -1.85. The van der Waals surface area contributed by atoms with Crippen LogP contribution in [0.4, 0.5) is 0 Å². The van der Waals surface area contributed by atoms with Gasteiger partial charge in [0, 0.05) is 0 Å².